The van der Waals surface area contributed by atoms with Gasteiger partial charge in [0.2, 0.25) is 0 Å². The molecule has 0 aromatic rings. The lowest BCUT2D eigenvalue weighted by atomic mass is 10.0. The number of hydrogen-bond acceptors (Lipinski definition) is 4. The van der Waals surface area contributed by atoms with Gasteiger partial charge in [0.25, 0.3) is 0 Å². The van der Waals surface area contributed by atoms with E-state index in [4.69, 9.17) is 16.0 Å². The van der Waals surface area contributed by atoms with Crippen molar-refractivity contribution in [3.05, 3.63) is 0 Å². The fourth-order valence-corrected chi connectivity index (χ4v) is 0.907. The highest BCUT2D eigenvalue weighted by atomic mass is 16.6. The smallest absolute Gasteiger partial charge is 0.405 e. The molecule has 0 unspecified atom stereocenters. The Balaban J connectivity index is 3.70. The van der Waals surface area contributed by atoms with Crippen LogP contribution in [0.15, 0.2) is 5.11 Å². The van der Waals surface area contributed by atoms with E-state index in [1.54, 1.807) is 13.8 Å². The quantitative estimate of drug-likeness (QED) is 0.489. The van der Waals surface area contributed by atoms with E-state index in [2.05, 4.69) is 5.11 Å². The second-order valence-electron chi connectivity index (χ2n) is 3.17. The molecule has 0 atom stereocenters. The van der Waals surface area contributed by atoms with E-state index in [0.717, 1.165) is 6.42 Å². The Hall–Kier alpha value is -1.13. The first-order chi connectivity index (χ1) is 5.48. The van der Waals surface area contributed by atoms with Crippen LogP contribution in [0.25, 0.3) is 0 Å². The van der Waals surface area contributed by atoms with Crippen molar-refractivity contribution in [3.8, 4) is 0 Å². The molecule has 1 amide bonds. The van der Waals surface area contributed by atoms with Crippen molar-refractivity contribution < 1.29 is 9.53 Å². The van der Waals surface area contributed by atoms with Gasteiger partial charge in [-0.05, 0) is 26.7 Å². The van der Waals surface area contributed by atoms with Gasteiger partial charge in [-0.25, -0.2) is 10.3 Å². The van der Waals surface area contributed by atoms with Gasteiger partial charge in [-0.3, -0.25) is 0 Å². The second-order valence-corrected chi connectivity index (χ2v) is 3.17. The molecule has 0 aromatic heterocycles. The largest absolute Gasteiger partial charge is 0.444 e. The van der Waals surface area contributed by atoms with Crippen LogP contribution in [0.2, 0.25) is 0 Å². The lowest BCUT2D eigenvalue weighted by Crippen LogP contribution is -2.31. The molecule has 3 N–H and O–H groups in total. The van der Waals surface area contributed by atoms with E-state index in [9.17, 15) is 4.79 Å². The molecule has 0 rings (SSSR count). The van der Waals surface area contributed by atoms with E-state index in [-0.39, 0.29) is 0 Å². The molecule has 0 aromatic carbocycles. The minimum absolute atomic E-state index is 0.464. The van der Waals surface area contributed by atoms with E-state index >= 15 is 0 Å². The van der Waals surface area contributed by atoms with Crippen LogP contribution in [0.3, 0.4) is 0 Å². The van der Waals surface area contributed by atoms with E-state index < -0.39 is 11.7 Å². The van der Waals surface area contributed by atoms with Crippen LogP contribution in [-0.2, 0) is 4.74 Å². The maximum atomic E-state index is 10.4. The Morgan fingerprint density at radius 3 is 2.67 bits per heavy atom. The molecule has 12 heavy (non-hydrogen) atoms. The molecular weight excluding hydrogens is 158 g/mol. The molecule has 0 aliphatic carbocycles. The van der Waals surface area contributed by atoms with Crippen LogP contribution < -0.4 is 5.73 Å². The lowest BCUT2D eigenvalue weighted by Gasteiger charge is -2.23. The third-order valence-corrected chi connectivity index (χ3v) is 1.43. The SMILES string of the molecule is CC(C)(CCCN=N)OC(N)=O. The number of ether oxygens (including phenoxy) is 1. The van der Waals surface area contributed by atoms with Crippen molar-refractivity contribution in [2.45, 2.75) is 32.3 Å². The monoisotopic (exact) mass is 173 g/mol. The zero-order chi connectivity index (χ0) is 9.61. The van der Waals surface area contributed by atoms with E-state index in [1.165, 1.54) is 0 Å². The summed E-state index contributed by atoms with van der Waals surface area (Å²) in [5, 5.41) is 3.20. The molecule has 70 valence electrons. The van der Waals surface area contributed by atoms with Crippen LogP contribution in [-0.4, -0.2) is 18.2 Å². The van der Waals surface area contributed by atoms with Gasteiger partial charge in [0, 0.05) is 0 Å². The number of amides is 1. The predicted molar refractivity (Wildman–Crippen MR) is 44.0 cm³/mol. The Morgan fingerprint density at radius 2 is 2.25 bits per heavy atom. The van der Waals surface area contributed by atoms with Crippen LogP contribution in [0.5, 0.6) is 0 Å². The highest BCUT2D eigenvalue weighted by Crippen LogP contribution is 2.16. The van der Waals surface area contributed by atoms with Crippen LogP contribution in [0, 0.1) is 5.53 Å². The highest BCUT2D eigenvalue weighted by molar-refractivity contribution is 5.65. The zero-order valence-electron chi connectivity index (χ0n) is 7.46. The van der Waals surface area contributed by atoms with Gasteiger partial charge in [-0.15, -0.1) is 0 Å². The zero-order valence-corrected chi connectivity index (χ0v) is 7.46. The second kappa shape index (κ2) is 4.69. The molecule has 0 aliphatic heterocycles. The molecule has 5 nitrogen and oxygen atoms in total. The van der Waals surface area contributed by atoms with Gasteiger partial charge in [0.1, 0.15) is 5.60 Å². The van der Waals surface area contributed by atoms with Crippen molar-refractivity contribution in [1.29, 1.82) is 5.53 Å². The summed E-state index contributed by atoms with van der Waals surface area (Å²) in [4.78, 5) is 10.4. The third-order valence-electron chi connectivity index (χ3n) is 1.43. The number of carbonyl (C=O) groups excluding carboxylic acids is 1. The Morgan fingerprint density at radius 1 is 1.67 bits per heavy atom. The lowest BCUT2D eigenvalue weighted by molar-refractivity contribution is 0.0381. The Labute approximate surface area is 71.8 Å². The number of nitrogens with zero attached hydrogens (tertiary/aromatic N) is 1. The average Bonchev–Trinajstić information content (AvgIpc) is 1.84. The maximum absolute atomic E-state index is 10.4. The van der Waals surface area contributed by atoms with Gasteiger partial charge in [0.15, 0.2) is 0 Å². The molecule has 0 radical (unpaired) electrons. The summed E-state index contributed by atoms with van der Waals surface area (Å²) < 4.78 is 4.82. The molecule has 0 aliphatic rings. The number of primary amides is 1. The summed E-state index contributed by atoms with van der Waals surface area (Å²) in [6.45, 7) is 4.02. The molecule has 0 bridgehead atoms. The predicted octanol–water partition coefficient (Wildman–Crippen LogP) is 1.67. The molecule has 5 heteroatoms. The first-order valence-corrected chi connectivity index (χ1v) is 3.79. The van der Waals surface area contributed by atoms with Crippen molar-refractivity contribution in [2.75, 3.05) is 6.54 Å². The minimum Gasteiger partial charge on any atom is -0.444 e. The summed E-state index contributed by atoms with van der Waals surface area (Å²) in [5.41, 5.74) is 10.9. The summed E-state index contributed by atoms with van der Waals surface area (Å²) in [6.07, 6.45) is 0.630. The van der Waals surface area contributed by atoms with Gasteiger partial charge in [-0.1, -0.05) is 0 Å². The minimum atomic E-state index is -0.761. The summed E-state index contributed by atoms with van der Waals surface area (Å²) in [5.74, 6) is 0. The van der Waals surface area contributed by atoms with Gasteiger partial charge >= 0.3 is 6.09 Å². The number of nitrogens with one attached hydrogen (secondary N) is 1. The van der Waals surface area contributed by atoms with Crippen molar-refractivity contribution in [3.63, 3.8) is 0 Å². The number of rotatable bonds is 5. The molecule has 0 heterocycles. The van der Waals surface area contributed by atoms with Crippen molar-refractivity contribution in [2.24, 2.45) is 10.8 Å². The van der Waals surface area contributed by atoms with Gasteiger partial charge in [0.05, 0.1) is 6.54 Å². The van der Waals surface area contributed by atoms with Gasteiger partial charge < -0.3 is 10.5 Å². The first-order valence-electron chi connectivity index (χ1n) is 3.79. The fourth-order valence-electron chi connectivity index (χ4n) is 0.907. The Bertz CT molecular complexity index is 168. The first kappa shape index (κ1) is 10.9. The molecule has 0 fully saturated rings. The number of carbonyl (C=O) groups is 1. The maximum Gasteiger partial charge on any atom is 0.405 e. The fraction of sp³-hybridized carbons (Fsp3) is 0.857. The number of hydrogen-bond donors (Lipinski definition) is 2. The highest BCUT2D eigenvalue weighted by Gasteiger charge is 2.20. The molecule has 0 spiro atoms. The van der Waals surface area contributed by atoms with E-state index in [1.807, 2.05) is 0 Å². The standard InChI is InChI=1S/C7H15N3O2/c1-7(2,12-6(8)11)4-3-5-10-9/h9H,3-5H2,1-2H3,(H2,8,11). The number of nitrogens with two attached hydrogens (primary N) is 1. The van der Waals surface area contributed by atoms with Crippen molar-refractivity contribution in [1.82, 2.24) is 0 Å². The van der Waals surface area contributed by atoms with E-state index in [0.29, 0.717) is 13.0 Å². The van der Waals surface area contributed by atoms with Crippen LogP contribution in [0.4, 0.5) is 4.79 Å². The summed E-state index contributed by atoms with van der Waals surface area (Å²) in [6, 6.07) is 0. The van der Waals surface area contributed by atoms with Crippen molar-refractivity contribution >= 4 is 6.09 Å². The van der Waals surface area contributed by atoms with Crippen LogP contribution >= 0.6 is 0 Å². The third kappa shape index (κ3) is 5.64. The molecule has 0 saturated heterocycles. The molecule has 0 saturated carbocycles. The normalized spacial score (nSPS) is 10.8. The summed E-state index contributed by atoms with van der Waals surface area (Å²) >= 11 is 0. The summed E-state index contributed by atoms with van der Waals surface area (Å²) in [7, 11) is 0. The topological polar surface area (TPSA) is 88.5 Å². The molecular formula is C7H15N3O2. The Kier molecular flexibility index (Phi) is 4.25. The van der Waals surface area contributed by atoms with Gasteiger partial charge in [-0.2, -0.15) is 5.11 Å². The van der Waals surface area contributed by atoms with Crippen LogP contribution in [0.1, 0.15) is 26.7 Å². The average molecular weight is 173 g/mol.